The minimum absolute atomic E-state index is 0.0178. The summed E-state index contributed by atoms with van der Waals surface area (Å²) in [5.74, 6) is 0.776. The van der Waals surface area contributed by atoms with Crippen LogP contribution in [0.3, 0.4) is 0 Å². The normalized spacial score (nSPS) is 16.1. The maximum absolute atomic E-state index is 12.5. The fourth-order valence-corrected chi connectivity index (χ4v) is 2.93. The zero-order chi connectivity index (χ0) is 16.4. The molecule has 0 saturated heterocycles. The molecule has 2 heterocycles. The monoisotopic (exact) mass is 319 g/mol. The number of fused-ring (bicyclic) bond motifs is 1. The second-order valence-electron chi connectivity index (χ2n) is 5.72. The van der Waals surface area contributed by atoms with Crippen molar-refractivity contribution in [3.8, 4) is 11.4 Å². The molecule has 1 atom stereocenters. The predicted molar refractivity (Wildman–Crippen MR) is 90.3 cm³/mol. The Kier molecular flexibility index (Phi) is 3.75. The smallest absolute Gasteiger partial charge is 0.251 e. The summed E-state index contributed by atoms with van der Waals surface area (Å²) in [5, 5.41) is 3.11. The van der Waals surface area contributed by atoms with Crippen LogP contribution in [0.15, 0.2) is 67.3 Å². The van der Waals surface area contributed by atoms with E-state index in [4.69, 9.17) is 4.74 Å². The number of hydrogen-bond donors (Lipinski definition) is 1. The maximum atomic E-state index is 12.5. The van der Waals surface area contributed by atoms with E-state index in [9.17, 15) is 4.79 Å². The molecule has 0 radical (unpaired) electrons. The third-order valence-electron chi connectivity index (χ3n) is 4.20. The van der Waals surface area contributed by atoms with Gasteiger partial charge in [-0.2, -0.15) is 0 Å². The first-order valence-electron chi connectivity index (χ1n) is 7.92. The molecule has 1 amide bonds. The van der Waals surface area contributed by atoms with Crippen molar-refractivity contribution in [2.24, 2.45) is 0 Å². The van der Waals surface area contributed by atoms with Gasteiger partial charge in [-0.05, 0) is 30.3 Å². The van der Waals surface area contributed by atoms with Gasteiger partial charge in [-0.1, -0.05) is 18.2 Å². The highest BCUT2D eigenvalue weighted by Gasteiger charge is 2.22. The zero-order valence-corrected chi connectivity index (χ0v) is 13.1. The van der Waals surface area contributed by atoms with Gasteiger partial charge in [0.1, 0.15) is 5.75 Å². The van der Waals surface area contributed by atoms with E-state index >= 15 is 0 Å². The topological polar surface area (TPSA) is 56.1 Å². The molecule has 5 heteroatoms. The Labute approximate surface area is 139 Å². The SMILES string of the molecule is O=C(NC1CCOc2ccccc21)c1ccc(-n2ccnc2)cc1. The van der Waals surface area contributed by atoms with Crippen LogP contribution < -0.4 is 10.1 Å². The third-order valence-corrected chi connectivity index (χ3v) is 4.20. The molecule has 0 spiro atoms. The Bertz CT molecular complexity index is 841. The van der Waals surface area contributed by atoms with Crippen LogP contribution in [-0.2, 0) is 0 Å². The van der Waals surface area contributed by atoms with Crippen molar-refractivity contribution >= 4 is 5.91 Å². The van der Waals surface area contributed by atoms with Gasteiger partial charge < -0.3 is 14.6 Å². The van der Waals surface area contributed by atoms with Crippen molar-refractivity contribution in [2.75, 3.05) is 6.61 Å². The van der Waals surface area contributed by atoms with Crippen LogP contribution in [0.2, 0.25) is 0 Å². The Balaban J connectivity index is 1.51. The summed E-state index contributed by atoms with van der Waals surface area (Å²) in [4.78, 5) is 16.6. The van der Waals surface area contributed by atoms with E-state index in [1.165, 1.54) is 0 Å². The van der Waals surface area contributed by atoms with E-state index in [0.717, 1.165) is 23.4 Å². The second-order valence-corrected chi connectivity index (χ2v) is 5.72. The predicted octanol–water partition coefficient (Wildman–Crippen LogP) is 3.13. The van der Waals surface area contributed by atoms with E-state index < -0.39 is 0 Å². The molecule has 3 aromatic rings. The number of aromatic nitrogens is 2. The molecule has 0 aliphatic carbocycles. The number of rotatable bonds is 3. The number of ether oxygens (including phenoxy) is 1. The molecule has 2 aromatic carbocycles. The van der Waals surface area contributed by atoms with E-state index in [-0.39, 0.29) is 11.9 Å². The first kappa shape index (κ1) is 14.5. The summed E-state index contributed by atoms with van der Waals surface area (Å²) in [6.07, 6.45) is 6.10. The third kappa shape index (κ3) is 2.76. The van der Waals surface area contributed by atoms with Gasteiger partial charge in [0.05, 0.1) is 19.0 Å². The van der Waals surface area contributed by atoms with Crippen LogP contribution >= 0.6 is 0 Å². The van der Waals surface area contributed by atoms with Crippen molar-refractivity contribution < 1.29 is 9.53 Å². The molecule has 1 aromatic heterocycles. The number of nitrogens with one attached hydrogen (secondary N) is 1. The standard InChI is InChI=1S/C19H17N3O2/c23-19(14-5-7-15(8-6-14)22-11-10-20-13-22)21-17-9-12-24-18-4-2-1-3-16(17)18/h1-8,10-11,13,17H,9,12H2,(H,21,23). The maximum Gasteiger partial charge on any atom is 0.251 e. The number of imidazole rings is 1. The lowest BCUT2D eigenvalue weighted by molar-refractivity contribution is 0.0925. The highest BCUT2D eigenvalue weighted by atomic mass is 16.5. The lowest BCUT2D eigenvalue weighted by atomic mass is 10.00. The van der Waals surface area contributed by atoms with Crippen LogP contribution in [-0.4, -0.2) is 22.1 Å². The molecule has 1 N–H and O–H groups in total. The van der Waals surface area contributed by atoms with E-state index in [0.29, 0.717) is 12.2 Å². The molecule has 24 heavy (non-hydrogen) atoms. The summed E-state index contributed by atoms with van der Waals surface area (Å²) in [7, 11) is 0. The fraction of sp³-hybridized carbons (Fsp3) is 0.158. The summed E-state index contributed by atoms with van der Waals surface area (Å²) in [5.41, 5.74) is 2.65. The molecule has 0 fully saturated rings. The number of hydrogen-bond acceptors (Lipinski definition) is 3. The van der Waals surface area contributed by atoms with Crippen molar-refractivity contribution in [2.45, 2.75) is 12.5 Å². The van der Waals surface area contributed by atoms with Gasteiger partial charge in [0.2, 0.25) is 0 Å². The Morgan fingerprint density at radius 3 is 2.79 bits per heavy atom. The van der Waals surface area contributed by atoms with Gasteiger partial charge in [-0.15, -0.1) is 0 Å². The lowest BCUT2D eigenvalue weighted by Gasteiger charge is -2.26. The molecule has 1 aliphatic rings. The molecule has 120 valence electrons. The number of benzene rings is 2. The van der Waals surface area contributed by atoms with Crippen molar-refractivity contribution in [1.29, 1.82) is 0 Å². The van der Waals surface area contributed by atoms with Crippen molar-refractivity contribution in [1.82, 2.24) is 14.9 Å². The summed E-state index contributed by atoms with van der Waals surface area (Å²) in [6.45, 7) is 0.613. The van der Waals surface area contributed by atoms with Crippen LogP contribution in [0.25, 0.3) is 5.69 Å². The largest absolute Gasteiger partial charge is 0.493 e. The first-order valence-corrected chi connectivity index (χ1v) is 7.92. The van der Waals surface area contributed by atoms with Crippen molar-refractivity contribution in [3.63, 3.8) is 0 Å². The second kappa shape index (κ2) is 6.20. The Hall–Kier alpha value is -3.08. The van der Waals surface area contributed by atoms with Gasteiger partial charge >= 0.3 is 0 Å². The minimum Gasteiger partial charge on any atom is -0.493 e. The number of amides is 1. The number of carbonyl (C=O) groups is 1. The lowest BCUT2D eigenvalue weighted by Crippen LogP contribution is -2.32. The Morgan fingerprint density at radius 2 is 2.00 bits per heavy atom. The van der Waals surface area contributed by atoms with Crippen molar-refractivity contribution in [3.05, 3.63) is 78.4 Å². The summed E-state index contributed by atoms with van der Waals surface area (Å²) < 4.78 is 7.54. The molecule has 0 bridgehead atoms. The highest BCUT2D eigenvalue weighted by Crippen LogP contribution is 2.31. The van der Waals surface area contributed by atoms with Crippen LogP contribution in [0.1, 0.15) is 28.4 Å². The van der Waals surface area contributed by atoms with Crippen LogP contribution in [0.4, 0.5) is 0 Å². The van der Waals surface area contributed by atoms with E-state index in [2.05, 4.69) is 10.3 Å². The molecule has 5 nitrogen and oxygen atoms in total. The molecule has 1 aliphatic heterocycles. The summed E-state index contributed by atoms with van der Waals surface area (Å²) in [6, 6.07) is 15.3. The van der Waals surface area contributed by atoms with Gasteiger partial charge in [0.25, 0.3) is 5.91 Å². The van der Waals surface area contributed by atoms with Gasteiger partial charge in [0.15, 0.2) is 0 Å². The highest BCUT2D eigenvalue weighted by molar-refractivity contribution is 5.94. The molecule has 4 rings (SSSR count). The minimum atomic E-state index is -0.0751. The fourth-order valence-electron chi connectivity index (χ4n) is 2.93. The average Bonchev–Trinajstić information content (AvgIpc) is 3.17. The number of para-hydroxylation sites is 1. The van der Waals surface area contributed by atoms with Gasteiger partial charge in [-0.25, -0.2) is 4.98 Å². The van der Waals surface area contributed by atoms with Gasteiger partial charge in [-0.3, -0.25) is 4.79 Å². The molecular weight excluding hydrogens is 302 g/mol. The first-order chi connectivity index (χ1) is 11.8. The molecule has 1 unspecified atom stereocenters. The van der Waals surface area contributed by atoms with Crippen LogP contribution in [0.5, 0.6) is 5.75 Å². The molecule has 0 saturated carbocycles. The van der Waals surface area contributed by atoms with E-state index in [1.807, 2.05) is 59.3 Å². The van der Waals surface area contributed by atoms with Crippen LogP contribution in [0, 0.1) is 0 Å². The average molecular weight is 319 g/mol. The Morgan fingerprint density at radius 1 is 1.17 bits per heavy atom. The quantitative estimate of drug-likeness (QED) is 0.807. The van der Waals surface area contributed by atoms with Gasteiger partial charge in [0, 0.05) is 35.6 Å². The summed E-state index contributed by atoms with van der Waals surface area (Å²) >= 11 is 0. The zero-order valence-electron chi connectivity index (χ0n) is 13.1. The number of carbonyl (C=O) groups excluding carboxylic acids is 1. The number of nitrogens with zero attached hydrogens (tertiary/aromatic N) is 2. The molecular formula is C19H17N3O2. The van der Waals surface area contributed by atoms with E-state index in [1.54, 1.807) is 12.5 Å².